The van der Waals surface area contributed by atoms with Gasteiger partial charge in [0.15, 0.2) is 6.10 Å². The normalized spacial score (nSPS) is 11.6. The van der Waals surface area contributed by atoms with Crippen LogP contribution in [0, 0.1) is 6.92 Å². The summed E-state index contributed by atoms with van der Waals surface area (Å²) in [4.78, 5) is 12.2. The van der Waals surface area contributed by atoms with E-state index in [9.17, 15) is 4.79 Å². The fourth-order valence-electron chi connectivity index (χ4n) is 1.95. The van der Waals surface area contributed by atoms with Gasteiger partial charge in [-0.3, -0.25) is 4.79 Å². The molecular weight excluding hydrogens is 278 g/mol. The van der Waals surface area contributed by atoms with Gasteiger partial charge < -0.3 is 14.8 Å². The van der Waals surface area contributed by atoms with Gasteiger partial charge in [0.2, 0.25) is 0 Å². The average molecular weight is 299 g/mol. The van der Waals surface area contributed by atoms with Crippen LogP contribution in [0.4, 0.5) is 5.69 Å². The monoisotopic (exact) mass is 299 g/mol. The molecule has 0 bridgehead atoms. The molecule has 1 N–H and O–H groups in total. The van der Waals surface area contributed by atoms with Gasteiger partial charge in [-0.1, -0.05) is 23.8 Å². The van der Waals surface area contributed by atoms with E-state index >= 15 is 0 Å². The van der Waals surface area contributed by atoms with E-state index in [1.807, 2.05) is 56.3 Å². The first kappa shape index (κ1) is 15.9. The van der Waals surface area contributed by atoms with Gasteiger partial charge in [-0.25, -0.2) is 0 Å². The molecule has 0 saturated heterocycles. The number of hydrogen-bond donors (Lipinski definition) is 1. The Morgan fingerprint density at radius 3 is 2.55 bits per heavy atom. The minimum absolute atomic E-state index is 0.200. The van der Waals surface area contributed by atoms with Crippen molar-refractivity contribution < 1.29 is 14.3 Å². The second-order valence-electron chi connectivity index (χ2n) is 5.02. The van der Waals surface area contributed by atoms with Gasteiger partial charge in [0.1, 0.15) is 11.5 Å². The number of carbonyl (C=O) groups is 1. The van der Waals surface area contributed by atoms with Gasteiger partial charge in [0.25, 0.3) is 5.91 Å². The minimum atomic E-state index is -0.585. The van der Waals surface area contributed by atoms with Crippen molar-refractivity contribution in [2.45, 2.75) is 26.9 Å². The van der Waals surface area contributed by atoms with Crippen LogP contribution in [-0.4, -0.2) is 18.6 Å². The Hall–Kier alpha value is -2.49. The van der Waals surface area contributed by atoms with E-state index < -0.39 is 6.10 Å². The molecule has 4 heteroatoms. The topological polar surface area (TPSA) is 47.6 Å². The molecule has 1 atom stereocenters. The molecular formula is C18H21NO3. The molecule has 4 nitrogen and oxygen atoms in total. The van der Waals surface area contributed by atoms with E-state index in [1.165, 1.54) is 0 Å². The maximum absolute atomic E-state index is 12.2. The highest BCUT2D eigenvalue weighted by molar-refractivity contribution is 5.94. The van der Waals surface area contributed by atoms with E-state index in [0.29, 0.717) is 18.0 Å². The van der Waals surface area contributed by atoms with Gasteiger partial charge in [-0.15, -0.1) is 0 Å². The van der Waals surface area contributed by atoms with Gasteiger partial charge >= 0.3 is 0 Å². The lowest BCUT2D eigenvalue weighted by Crippen LogP contribution is -2.30. The quantitative estimate of drug-likeness (QED) is 0.882. The first-order chi connectivity index (χ1) is 10.6. The van der Waals surface area contributed by atoms with E-state index in [1.54, 1.807) is 13.0 Å². The number of carbonyl (C=O) groups excluding carboxylic acids is 1. The third-order valence-electron chi connectivity index (χ3n) is 3.12. The third-order valence-corrected chi connectivity index (χ3v) is 3.12. The Morgan fingerprint density at radius 1 is 1.14 bits per heavy atom. The SMILES string of the molecule is CCOc1cccc(NC(=O)C(C)Oc2ccc(C)cc2)c1. The van der Waals surface area contributed by atoms with Crippen LogP contribution in [0.15, 0.2) is 48.5 Å². The summed E-state index contributed by atoms with van der Waals surface area (Å²) in [5.74, 6) is 1.21. The molecule has 0 heterocycles. The molecule has 0 fully saturated rings. The highest BCUT2D eigenvalue weighted by atomic mass is 16.5. The Morgan fingerprint density at radius 2 is 1.86 bits per heavy atom. The summed E-state index contributed by atoms with van der Waals surface area (Å²) in [7, 11) is 0. The zero-order valence-corrected chi connectivity index (χ0v) is 13.1. The van der Waals surface area contributed by atoms with Gasteiger partial charge in [-0.05, 0) is 45.0 Å². The smallest absolute Gasteiger partial charge is 0.265 e. The predicted octanol–water partition coefficient (Wildman–Crippen LogP) is 3.80. The first-order valence-corrected chi connectivity index (χ1v) is 7.35. The van der Waals surface area contributed by atoms with E-state index in [0.717, 1.165) is 11.3 Å². The maximum atomic E-state index is 12.2. The molecule has 0 aromatic heterocycles. The van der Waals surface area contributed by atoms with Crippen molar-refractivity contribution in [3.63, 3.8) is 0 Å². The zero-order chi connectivity index (χ0) is 15.9. The van der Waals surface area contributed by atoms with Gasteiger partial charge in [0.05, 0.1) is 6.61 Å². The summed E-state index contributed by atoms with van der Waals surface area (Å²) in [6, 6.07) is 14.9. The number of benzene rings is 2. The summed E-state index contributed by atoms with van der Waals surface area (Å²) in [6.07, 6.45) is -0.585. The van der Waals surface area contributed by atoms with E-state index in [4.69, 9.17) is 9.47 Å². The van der Waals surface area contributed by atoms with Crippen molar-refractivity contribution >= 4 is 11.6 Å². The lowest BCUT2D eigenvalue weighted by Gasteiger charge is -2.15. The van der Waals surface area contributed by atoms with Gasteiger partial charge in [0, 0.05) is 11.8 Å². The van der Waals surface area contributed by atoms with Crippen LogP contribution in [0.3, 0.4) is 0 Å². The van der Waals surface area contributed by atoms with Crippen LogP contribution >= 0.6 is 0 Å². The highest BCUT2D eigenvalue weighted by Gasteiger charge is 2.15. The van der Waals surface area contributed by atoms with Gasteiger partial charge in [-0.2, -0.15) is 0 Å². The van der Waals surface area contributed by atoms with Crippen molar-refractivity contribution in [2.24, 2.45) is 0 Å². The zero-order valence-electron chi connectivity index (χ0n) is 13.1. The van der Waals surface area contributed by atoms with Crippen LogP contribution in [0.5, 0.6) is 11.5 Å². The largest absolute Gasteiger partial charge is 0.494 e. The number of anilines is 1. The van der Waals surface area contributed by atoms with Crippen LogP contribution in [0.1, 0.15) is 19.4 Å². The molecule has 1 unspecified atom stereocenters. The standard InChI is InChI=1S/C18H21NO3/c1-4-21-17-7-5-6-15(12-17)19-18(20)14(3)22-16-10-8-13(2)9-11-16/h5-12,14H,4H2,1-3H3,(H,19,20). The maximum Gasteiger partial charge on any atom is 0.265 e. The molecule has 22 heavy (non-hydrogen) atoms. The van der Waals surface area contributed by atoms with Crippen molar-refractivity contribution in [3.05, 3.63) is 54.1 Å². The van der Waals surface area contributed by atoms with E-state index in [2.05, 4.69) is 5.32 Å². The highest BCUT2D eigenvalue weighted by Crippen LogP contribution is 2.18. The number of rotatable bonds is 6. The van der Waals surface area contributed by atoms with Crippen molar-refractivity contribution in [1.29, 1.82) is 0 Å². The molecule has 2 aromatic rings. The number of ether oxygens (including phenoxy) is 2. The number of aryl methyl sites for hydroxylation is 1. The molecule has 0 aliphatic rings. The van der Waals surface area contributed by atoms with Crippen molar-refractivity contribution in [2.75, 3.05) is 11.9 Å². The summed E-state index contributed by atoms with van der Waals surface area (Å²) >= 11 is 0. The second-order valence-corrected chi connectivity index (χ2v) is 5.02. The molecule has 2 rings (SSSR count). The van der Waals surface area contributed by atoms with Crippen LogP contribution in [0.25, 0.3) is 0 Å². The summed E-state index contributed by atoms with van der Waals surface area (Å²) in [6.45, 7) is 6.24. The van der Waals surface area contributed by atoms with Crippen molar-refractivity contribution in [1.82, 2.24) is 0 Å². The van der Waals surface area contributed by atoms with Crippen LogP contribution in [0.2, 0.25) is 0 Å². The summed E-state index contributed by atoms with van der Waals surface area (Å²) < 4.78 is 11.1. The molecule has 1 amide bonds. The summed E-state index contributed by atoms with van der Waals surface area (Å²) in [5.41, 5.74) is 1.84. The Bertz CT molecular complexity index is 622. The first-order valence-electron chi connectivity index (χ1n) is 7.35. The van der Waals surface area contributed by atoms with E-state index in [-0.39, 0.29) is 5.91 Å². The van der Waals surface area contributed by atoms with Crippen LogP contribution in [-0.2, 0) is 4.79 Å². The Kier molecular flexibility index (Phi) is 5.42. The predicted molar refractivity (Wildman–Crippen MR) is 87.5 cm³/mol. The molecule has 0 saturated carbocycles. The lowest BCUT2D eigenvalue weighted by molar-refractivity contribution is -0.122. The number of amides is 1. The fourth-order valence-corrected chi connectivity index (χ4v) is 1.95. The van der Waals surface area contributed by atoms with Crippen molar-refractivity contribution in [3.8, 4) is 11.5 Å². The molecule has 2 aromatic carbocycles. The lowest BCUT2D eigenvalue weighted by atomic mass is 10.2. The average Bonchev–Trinajstić information content (AvgIpc) is 2.50. The minimum Gasteiger partial charge on any atom is -0.494 e. The Labute approximate surface area is 131 Å². The number of hydrogen-bond acceptors (Lipinski definition) is 3. The molecule has 0 aliphatic heterocycles. The second kappa shape index (κ2) is 7.50. The number of nitrogens with one attached hydrogen (secondary N) is 1. The fraction of sp³-hybridized carbons (Fsp3) is 0.278. The third kappa shape index (κ3) is 4.52. The Balaban J connectivity index is 1.96. The molecule has 0 radical (unpaired) electrons. The molecule has 0 spiro atoms. The molecule has 0 aliphatic carbocycles. The van der Waals surface area contributed by atoms with Crippen LogP contribution < -0.4 is 14.8 Å². The molecule has 116 valence electrons. The summed E-state index contributed by atoms with van der Waals surface area (Å²) in [5, 5.41) is 2.83.